The summed E-state index contributed by atoms with van der Waals surface area (Å²) >= 11 is 0. The summed E-state index contributed by atoms with van der Waals surface area (Å²) in [7, 11) is 0. The van der Waals surface area contributed by atoms with Crippen molar-refractivity contribution in [3.05, 3.63) is 58.0 Å². The maximum atomic E-state index is 12.4. The zero-order valence-electron chi connectivity index (χ0n) is 14.6. The Hall–Kier alpha value is -3.40. The van der Waals surface area contributed by atoms with E-state index >= 15 is 0 Å². The summed E-state index contributed by atoms with van der Waals surface area (Å²) < 4.78 is 5.42. The number of nitrogens with zero attached hydrogens (tertiary/aromatic N) is 3. The number of fused-ring (bicyclic) bond motifs is 1. The lowest BCUT2D eigenvalue weighted by molar-refractivity contribution is 0.0678. The van der Waals surface area contributed by atoms with Crippen molar-refractivity contribution >= 4 is 11.6 Å². The molecule has 1 aliphatic carbocycles. The molecule has 7 heteroatoms. The van der Waals surface area contributed by atoms with Gasteiger partial charge in [-0.1, -0.05) is 43.5 Å². The highest BCUT2D eigenvalue weighted by Gasteiger charge is 2.16. The second-order valence-corrected chi connectivity index (χ2v) is 6.78. The van der Waals surface area contributed by atoms with E-state index in [-0.39, 0.29) is 11.3 Å². The SMILES string of the molecule is N#COC(=O)c1cc2nc(-c3ccc(C4CCCCC4)cc3)cc(=O)n2[nH]1. The molecule has 4 rings (SSSR count). The van der Waals surface area contributed by atoms with E-state index in [4.69, 9.17) is 5.26 Å². The van der Waals surface area contributed by atoms with Crippen LogP contribution in [-0.4, -0.2) is 20.6 Å². The van der Waals surface area contributed by atoms with Crippen LogP contribution in [0.3, 0.4) is 0 Å². The Bertz CT molecular complexity index is 1080. The van der Waals surface area contributed by atoms with Crippen LogP contribution in [0.15, 0.2) is 41.2 Å². The number of carbonyl (C=O) groups excluding carboxylic acids is 1. The van der Waals surface area contributed by atoms with Gasteiger partial charge in [0, 0.05) is 17.7 Å². The van der Waals surface area contributed by atoms with Gasteiger partial charge in [0.25, 0.3) is 11.8 Å². The van der Waals surface area contributed by atoms with E-state index in [2.05, 4.69) is 27.0 Å². The summed E-state index contributed by atoms with van der Waals surface area (Å²) in [5.41, 5.74) is 2.65. The highest BCUT2D eigenvalue weighted by molar-refractivity contribution is 5.89. The third kappa shape index (κ3) is 3.34. The molecule has 0 aliphatic heterocycles. The summed E-state index contributed by atoms with van der Waals surface area (Å²) in [6, 6.07) is 11.0. The Morgan fingerprint density at radius 3 is 2.63 bits per heavy atom. The number of aromatic amines is 1. The lowest BCUT2D eigenvalue weighted by Crippen LogP contribution is -2.15. The molecular formula is C20H18N4O3. The van der Waals surface area contributed by atoms with Gasteiger partial charge in [-0.2, -0.15) is 0 Å². The van der Waals surface area contributed by atoms with Crippen molar-refractivity contribution in [2.45, 2.75) is 38.0 Å². The monoisotopic (exact) mass is 362 g/mol. The number of carbonyl (C=O) groups is 1. The Morgan fingerprint density at radius 1 is 1.19 bits per heavy atom. The molecule has 7 nitrogen and oxygen atoms in total. The van der Waals surface area contributed by atoms with E-state index in [1.165, 1.54) is 56.1 Å². The molecule has 1 fully saturated rings. The minimum Gasteiger partial charge on any atom is -0.346 e. The Morgan fingerprint density at radius 2 is 1.93 bits per heavy atom. The Labute approximate surface area is 155 Å². The zero-order valence-corrected chi connectivity index (χ0v) is 14.6. The number of rotatable bonds is 3. The molecule has 2 aromatic heterocycles. The van der Waals surface area contributed by atoms with Gasteiger partial charge in [-0.25, -0.2) is 14.3 Å². The maximum absolute atomic E-state index is 12.4. The van der Waals surface area contributed by atoms with Crippen LogP contribution in [0.1, 0.15) is 54.1 Å². The number of ether oxygens (including phenoxy) is 1. The lowest BCUT2D eigenvalue weighted by Gasteiger charge is -2.22. The molecule has 1 N–H and O–H groups in total. The van der Waals surface area contributed by atoms with Crippen molar-refractivity contribution in [2.75, 3.05) is 0 Å². The quantitative estimate of drug-likeness (QED) is 0.569. The maximum Gasteiger partial charge on any atom is 0.371 e. The summed E-state index contributed by atoms with van der Waals surface area (Å²) in [5, 5.41) is 11.0. The summed E-state index contributed by atoms with van der Waals surface area (Å²) in [5.74, 6) is -0.243. The second-order valence-electron chi connectivity index (χ2n) is 6.78. The lowest BCUT2D eigenvalue weighted by atomic mass is 9.84. The van der Waals surface area contributed by atoms with Gasteiger partial charge >= 0.3 is 5.97 Å². The fraction of sp³-hybridized carbons (Fsp3) is 0.300. The van der Waals surface area contributed by atoms with E-state index in [9.17, 15) is 9.59 Å². The van der Waals surface area contributed by atoms with Crippen LogP contribution in [0, 0.1) is 11.5 Å². The third-order valence-electron chi connectivity index (χ3n) is 5.09. The first-order chi connectivity index (χ1) is 13.2. The molecule has 0 radical (unpaired) electrons. The number of esters is 1. The molecule has 1 aliphatic rings. The number of nitrogens with one attached hydrogen (secondary N) is 1. The number of aromatic nitrogens is 3. The van der Waals surface area contributed by atoms with E-state index in [0.29, 0.717) is 17.3 Å². The van der Waals surface area contributed by atoms with Gasteiger partial charge in [-0.15, -0.1) is 5.26 Å². The first kappa shape index (κ1) is 17.0. The van der Waals surface area contributed by atoms with Crippen LogP contribution in [0.4, 0.5) is 0 Å². The van der Waals surface area contributed by atoms with Crippen molar-refractivity contribution in [3.8, 4) is 17.5 Å². The summed E-state index contributed by atoms with van der Waals surface area (Å²) in [6.07, 6.45) is 7.67. The van der Waals surface area contributed by atoms with Crippen LogP contribution in [0.25, 0.3) is 16.9 Å². The molecule has 0 saturated heterocycles. The van der Waals surface area contributed by atoms with Gasteiger partial charge < -0.3 is 4.74 Å². The average Bonchev–Trinajstić information content (AvgIpc) is 3.14. The van der Waals surface area contributed by atoms with Crippen LogP contribution in [0.2, 0.25) is 0 Å². The Kier molecular flexibility index (Phi) is 4.47. The van der Waals surface area contributed by atoms with E-state index in [0.717, 1.165) is 10.1 Å². The standard InChI is InChI=1S/C20H18N4O3/c21-12-27-20(26)17-10-18-22-16(11-19(25)24(18)23-17)15-8-6-14(7-9-15)13-4-2-1-3-5-13/h6-11,13,23H,1-5H2. The number of nitriles is 1. The fourth-order valence-corrected chi connectivity index (χ4v) is 3.70. The molecule has 136 valence electrons. The number of hydrogen-bond acceptors (Lipinski definition) is 5. The van der Waals surface area contributed by atoms with Crippen LogP contribution in [-0.2, 0) is 4.74 Å². The molecule has 0 bridgehead atoms. The molecular weight excluding hydrogens is 344 g/mol. The topological polar surface area (TPSA) is 100 Å². The van der Waals surface area contributed by atoms with Gasteiger partial charge in [-0.05, 0) is 24.3 Å². The van der Waals surface area contributed by atoms with Crippen LogP contribution < -0.4 is 5.56 Å². The molecule has 2 heterocycles. The van der Waals surface area contributed by atoms with E-state index in [1.54, 1.807) is 0 Å². The van der Waals surface area contributed by atoms with Gasteiger partial charge in [0.2, 0.25) is 0 Å². The predicted molar refractivity (Wildman–Crippen MR) is 98.1 cm³/mol. The largest absolute Gasteiger partial charge is 0.371 e. The minimum atomic E-state index is -0.860. The predicted octanol–water partition coefficient (Wildman–Crippen LogP) is 3.38. The average molecular weight is 362 g/mol. The van der Waals surface area contributed by atoms with Gasteiger partial charge in [-0.3, -0.25) is 9.89 Å². The van der Waals surface area contributed by atoms with Crippen molar-refractivity contribution in [3.63, 3.8) is 0 Å². The fourth-order valence-electron chi connectivity index (χ4n) is 3.70. The molecule has 0 unspecified atom stereocenters. The van der Waals surface area contributed by atoms with Crippen molar-refractivity contribution in [2.24, 2.45) is 0 Å². The van der Waals surface area contributed by atoms with Crippen molar-refractivity contribution < 1.29 is 9.53 Å². The number of benzene rings is 1. The smallest absolute Gasteiger partial charge is 0.346 e. The van der Waals surface area contributed by atoms with Gasteiger partial charge in [0.1, 0.15) is 5.69 Å². The summed E-state index contributed by atoms with van der Waals surface area (Å²) in [6.45, 7) is 0. The minimum absolute atomic E-state index is 0.00838. The first-order valence-electron chi connectivity index (χ1n) is 8.99. The highest BCUT2D eigenvalue weighted by Crippen LogP contribution is 2.33. The van der Waals surface area contributed by atoms with E-state index < -0.39 is 5.97 Å². The zero-order chi connectivity index (χ0) is 18.8. The summed E-state index contributed by atoms with van der Waals surface area (Å²) in [4.78, 5) is 28.5. The molecule has 1 aromatic carbocycles. The molecule has 3 aromatic rings. The molecule has 1 saturated carbocycles. The molecule has 0 spiro atoms. The third-order valence-corrected chi connectivity index (χ3v) is 5.09. The van der Waals surface area contributed by atoms with Crippen molar-refractivity contribution in [1.29, 1.82) is 5.26 Å². The normalized spacial score (nSPS) is 14.8. The molecule has 27 heavy (non-hydrogen) atoms. The molecule has 0 atom stereocenters. The first-order valence-corrected chi connectivity index (χ1v) is 8.99. The second kappa shape index (κ2) is 7.08. The van der Waals surface area contributed by atoms with Crippen LogP contribution >= 0.6 is 0 Å². The van der Waals surface area contributed by atoms with Gasteiger partial charge in [0.05, 0.1) is 5.69 Å². The Balaban J connectivity index is 1.66. The van der Waals surface area contributed by atoms with Crippen molar-refractivity contribution in [1.82, 2.24) is 14.6 Å². The number of H-pyrrole nitrogens is 1. The highest BCUT2D eigenvalue weighted by atomic mass is 16.5. The number of hydrogen-bond donors (Lipinski definition) is 1. The van der Waals surface area contributed by atoms with Gasteiger partial charge in [0.15, 0.2) is 5.65 Å². The van der Waals surface area contributed by atoms with Crippen LogP contribution in [0.5, 0.6) is 0 Å². The molecule has 0 amide bonds. The van der Waals surface area contributed by atoms with E-state index in [1.807, 2.05) is 12.1 Å².